The van der Waals surface area contributed by atoms with Gasteiger partial charge in [0.2, 0.25) is 5.88 Å². The number of benzene rings is 2. The van der Waals surface area contributed by atoms with Crippen LogP contribution in [0.4, 0.5) is 5.69 Å². The highest BCUT2D eigenvalue weighted by molar-refractivity contribution is 7.92. The number of rotatable bonds is 5. The van der Waals surface area contributed by atoms with Crippen LogP contribution in [0.25, 0.3) is 0 Å². The summed E-state index contributed by atoms with van der Waals surface area (Å²) in [5.74, 6) is 0.811. The molecule has 0 bridgehead atoms. The Morgan fingerprint density at radius 1 is 1.00 bits per heavy atom. The number of hydrogen-bond acceptors (Lipinski definition) is 5. The fourth-order valence-electron chi connectivity index (χ4n) is 3.01. The van der Waals surface area contributed by atoms with Crippen LogP contribution in [0.2, 0.25) is 0 Å². The van der Waals surface area contributed by atoms with Gasteiger partial charge in [0.1, 0.15) is 5.75 Å². The Hall–Kier alpha value is -2.93. The van der Waals surface area contributed by atoms with Gasteiger partial charge in [-0.2, -0.15) is 0 Å². The van der Waals surface area contributed by atoms with E-state index in [-0.39, 0.29) is 4.90 Å². The third-order valence-electron chi connectivity index (χ3n) is 4.23. The summed E-state index contributed by atoms with van der Waals surface area (Å²) in [6.07, 6.45) is 7.59. The van der Waals surface area contributed by atoms with Gasteiger partial charge in [0, 0.05) is 18.5 Å². The summed E-state index contributed by atoms with van der Waals surface area (Å²) < 4.78 is 33.6. The molecule has 26 heavy (non-hydrogen) atoms. The molecule has 0 aliphatic heterocycles. The van der Waals surface area contributed by atoms with Crippen molar-refractivity contribution in [1.29, 1.82) is 0 Å². The molecule has 7 heteroatoms. The molecule has 132 valence electrons. The van der Waals surface area contributed by atoms with E-state index < -0.39 is 10.0 Å². The first-order valence-electron chi connectivity index (χ1n) is 8.29. The smallest absolute Gasteiger partial charge is 0.261 e. The number of aryl methyl sites for hydroxylation is 2. The second-order valence-electron chi connectivity index (χ2n) is 6.06. The van der Waals surface area contributed by atoms with E-state index in [1.165, 1.54) is 18.0 Å². The second kappa shape index (κ2) is 6.76. The molecule has 0 saturated heterocycles. The third-order valence-corrected chi connectivity index (χ3v) is 5.61. The molecule has 1 aliphatic carbocycles. The first kappa shape index (κ1) is 16.5. The first-order valence-corrected chi connectivity index (χ1v) is 9.77. The lowest BCUT2D eigenvalue weighted by molar-refractivity contribution is 0.460. The summed E-state index contributed by atoms with van der Waals surface area (Å²) in [6, 6.07) is 12.1. The number of ether oxygens (including phenoxy) is 1. The van der Waals surface area contributed by atoms with Crippen molar-refractivity contribution in [3.63, 3.8) is 0 Å². The predicted molar refractivity (Wildman–Crippen MR) is 97.8 cm³/mol. The lowest BCUT2D eigenvalue weighted by Crippen LogP contribution is -2.13. The van der Waals surface area contributed by atoms with Crippen molar-refractivity contribution in [3.05, 3.63) is 72.2 Å². The molecule has 0 saturated carbocycles. The van der Waals surface area contributed by atoms with E-state index in [1.54, 1.807) is 42.6 Å². The zero-order valence-corrected chi connectivity index (χ0v) is 14.7. The van der Waals surface area contributed by atoms with Crippen LogP contribution < -0.4 is 9.46 Å². The van der Waals surface area contributed by atoms with E-state index in [4.69, 9.17) is 4.74 Å². The largest absolute Gasteiger partial charge is 0.437 e. The van der Waals surface area contributed by atoms with Crippen molar-refractivity contribution in [2.45, 2.75) is 24.2 Å². The first-order chi connectivity index (χ1) is 12.6. The van der Waals surface area contributed by atoms with Crippen molar-refractivity contribution < 1.29 is 13.2 Å². The second-order valence-corrected chi connectivity index (χ2v) is 7.75. The maximum absolute atomic E-state index is 12.7. The molecule has 6 nitrogen and oxygen atoms in total. The van der Waals surface area contributed by atoms with E-state index in [2.05, 4.69) is 14.7 Å². The van der Waals surface area contributed by atoms with Gasteiger partial charge in [0.05, 0.1) is 16.8 Å². The average Bonchev–Trinajstić information content (AvgIpc) is 3.10. The zero-order valence-electron chi connectivity index (χ0n) is 13.9. The Morgan fingerprint density at radius 2 is 1.88 bits per heavy atom. The highest BCUT2D eigenvalue weighted by atomic mass is 32.2. The summed E-state index contributed by atoms with van der Waals surface area (Å²) in [6.45, 7) is 0. The molecule has 0 atom stereocenters. The van der Waals surface area contributed by atoms with Crippen molar-refractivity contribution in [1.82, 2.24) is 9.97 Å². The zero-order chi connectivity index (χ0) is 18.0. The predicted octanol–water partition coefficient (Wildman–Crippen LogP) is 3.56. The minimum atomic E-state index is -3.66. The standard InChI is InChI=1S/C19H17N3O3S/c23-26(24,18-8-7-14-3-1-4-15(14)11-18)22-16-5-2-6-17(12-16)25-19-13-20-9-10-21-19/h2,5-13,22H,1,3-4H2. The lowest BCUT2D eigenvalue weighted by atomic mass is 10.1. The Morgan fingerprint density at radius 3 is 2.73 bits per heavy atom. The van der Waals surface area contributed by atoms with Gasteiger partial charge in [0.25, 0.3) is 10.0 Å². The molecule has 2 aromatic carbocycles. The van der Waals surface area contributed by atoms with Crippen LogP contribution in [0.3, 0.4) is 0 Å². The van der Waals surface area contributed by atoms with Crippen molar-refractivity contribution in [3.8, 4) is 11.6 Å². The summed E-state index contributed by atoms with van der Waals surface area (Å²) >= 11 is 0. The molecule has 0 spiro atoms. The van der Waals surface area contributed by atoms with Crippen molar-refractivity contribution >= 4 is 15.7 Å². The van der Waals surface area contributed by atoms with Crippen molar-refractivity contribution in [2.75, 3.05) is 4.72 Å². The normalized spacial score (nSPS) is 13.2. The number of fused-ring (bicyclic) bond motifs is 1. The maximum atomic E-state index is 12.7. The molecule has 1 N–H and O–H groups in total. The molecule has 4 rings (SSSR count). The monoisotopic (exact) mass is 367 g/mol. The lowest BCUT2D eigenvalue weighted by Gasteiger charge is -2.11. The van der Waals surface area contributed by atoms with Gasteiger partial charge in [-0.3, -0.25) is 9.71 Å². The van der Waals surface area contributed by atoms with Crippen LogP contribution >= 0.6 is 0 Å². The molecular weight excluding hydrogens is 350 g/mol. The summed E-state index contributed by atoms with van der Waals surface area (Å²) in [4.78, 5) is 8.24. The quantitative estimate of drug-likeness (QED) is 0.746. The van der Waals surface area contributed by atoms with E-state index >= 15 is 0 Å². The molecule has 1 heterocycles. The molecular formula is C19H17N3O3S. The number of nitrogens with zero attached hydrogens (tertiary/aromatic N) is 2. The Bertz CT molecular complexity index is 1040. The van der Waals surface area contributed by atoms with Gasteiger partial charge in [-0.1, -0.05) is 12.1 Å². The van der Waals surface area contributed by atoms with Crippen LogP contribution in [0, 0.1) is 0 Å². The summed E-state index contributed by atoms with van der Waals surface area (Å²) in [7, 11) is -3.66. The van der Waals surface area contributed by atoms with Gasteiger partial charge in [-0.15, -0.1) is 0 Å². The Labute approximate surface area is 151 Å². The topological polar surface area (TPSA) is 81.2 Å². The van der Waals surface area contributed by atoms with Crippen LogP contribution in [0.1, 0.15) is 17.5 Å². The molecule has 0 radical (unpaired) electrons. The van der Waals surface area contributed by atoms with Crippen LogP contribution in [0.5, 0.6) is 11.6 Å². The number of nitrogens with one attached hydrogen (secondary N) is 1. The minimum absolute atomic E-state index is 0.276. The maximum Gasteiger partial charge on any atom is 0.261 e. The van der Waals surface area contributed by atoms with E-state index in [1.807, 2.05) is 6.07 Å². The number of hydrogen-bond donors (Lipinski definition) is 1. The van der Waals surface area contributed by atoms with Gasteiger partial charge in [-0.05, 0) is 54.7 Å². The van der Waals surface area contributed by atoms with E-state index in [0.717, 1.165) is 24.8 Å². The number of sulfonamides is 1. The van der Waals surface area contributed by atoms with Gasteiger partial charge in [-0.25, -0.2) is 13.4 Å². The van der Waals surface area contributed by atoms with Gasteiger partial charge >= 0.3 is 0 Å². The fraction of sp³-hybridized carbons (Fsp3) is 0.158. The summed E-state index contributed by atoms with van der Waals surface area (Å²) in [5, 5.41) is 0. The number of anilines is 1. The van der Waals surface area contributed by atoms with Gasteiger partial charge in [0.15, 0.2) is 0 Å². The Kier molecular flexibility index (Phi) is 4.30. The molecule has 0 amide bonds. The highest BCUT2D eigenvalue weighted by Gasteiger charge is 2.18. The van der Waals surface area contributed by atoms with Crippen LogP contribution in [0.15, 0.2) is 66.0 Å². The van der Waals surface area contributed by atoms with Crippen LogP contribution in [-0.2, 0) is 22.9 Å². The molecule has 3 aromatic rings. The molecule has 1 aliphatic rings. The fourth-order valence-corrected chi connectivity index (χ4v) is 4.11. The average molecular weight is 367 g/mol. The highest BCUT2D eigenvalue weighted by Crippen LogP contribution is 2.27. The molecule has 0 unspecified atom stereocenters. The Balaban J connectivity index is 1.55. The molecule has 0 fully saturated rings. The molecule has 1 aromatic heterocycles. The number of aromatic nitrogens is 2. The third kappa shape index (κ3) is 3.52. The van der Waals surface area contributed by atoms with E-state index in [9.17, 15) is 8.42 Å². The summed E-state index contributed by atoms with van der Waals surface area (Å²) in [5.41, 5.74) is 2.78. The van der Waals surface area contributed by atoms with Gasteiger partial charge < -0.3 is 4.74 Å². The minimum Gasteiger partial charge on any atom is -0.437 e. The van der Waals surface area contributed by atoms with Crippen molar-refractivity contribution in [2.24, 2.45) is 0 Å². The SMILES string of the molecule is O=S(=O)(Nc1cccc(Oc2cnccn2)c1)c1ccc2c(c1)CCC2. The van der Waals surface area contributed by atoms with E-state index in [0.29, 0.717) is 17.3 Å². The van der Waals surface area contributed by atoms with Crippen LogP contribution in [-0.4, -0.2) is 18.4 Å².